The number of aliphatic imine (C=N–C) groups is 1. The second kappa shape index (κ2) is 12.8. The van der Waals surface area contributed by atoms with Crippen LogP contribution >= 0.6 is 0 Å². The molecular weight excluding hydrogens is 326 g/mol. The summed E-state index contributed by atoms with van der Waals surface area (Å²) in [5, 5.41) is 19.2. The summed E-state index contributed by atoms with van der Waals surface area (Å²) in [5.74, 6) is -0.409. The fraction of sp³-hybridized carbons (Fsp3) is 0.444. The highest BCUT2D eigenvalue weighted by molar-refractivity contribution is 6.10. The molecule has 0 aliphatic carbocycles. The third kappa shape index (κ3) is 8.21. The minimum Gasteiger partial charge on any atom is -0.507 e. The Morgan fingerprint density at radius 1 is 1.24 bits per heavy atom. The van der Waals surface area contributed by atoms with Crippen molar-refractivity contribution < 1.29 is 29.2 Å². The number of allylic oxidation sites excluding steroid dienone is 4. The lowest BCUT2D eigenvalue weighted by Gasteiger charge is -2.09. The first-order valence-corrected chi connectivity index (χ1v) is 7.76. The van der Waals surface area contributed by atoms with Crippen molar-refractivity contribution in [3.05, 3.63) is 46.7 Å². The van der Waals surface area contributed by atoms with Crippen molar-refractivity contribution in [2.45, 2.75) is 20.8 Å². The average Bonchev–Trinajstić information content (AvgIpc) is 2.59. The summed E-state index contributed by atoms with van der Waals surface area (Å²) in [5.41, 5.74) is 1.06. The lowest BCUT2D eigenvalue weighted by molar-refractivity contribution is -0.138. The highest BCUT2D eigenvalue weighted by atomic mass is 16.5. The second-order valence-corrected chi connectivity index (χ2v) is 4.86. The standard InChI is InChI=1S/C18H27NO6/c1-6-25-18(22)15(12-19-8-9-20)17(21)14(3)11-13(2)16(24-5)7-10-23-4/h7,10-12,20-21H,6,8-9H2,1-5H3/b10-7+,14-11+,16-13+,17-15?,19-12?. The van der Waals surface area contributed by atoms with Gasteiger partial charge in [-0.15, -0.1) is 0 Å². The van der Waals surface area contributed by atoms with E-state index in [1.165, 1.54) is 26.7 Å². The Bertz CT molecular complexity index is 584. The van der Waals surface area contributed by atoms with Crippen LogP contribution in [0, 0.1) is 0 Å². The molecule has 7 nitrogen and oxygen atoms in total. The van der Waals surface area contributed by atoms with Crippen LogP contribution in [0.4, 0.5) is 0 Å². The molecule has 0 saturated heterocycles. The molecule has 0 aliphatic heterocycles. The third-order valence-corrected chi connectivity index (χ3v) is 2.97. The van der Waals surface area contributed by atoms with Crippen LogP contribution in [0.3, 0.4) is 0 Å². The molecule has 0 rings (SSSR count). The van der Waals surface area contributed by atoms with E-state index in [4.69, 9.17) is 19.3 Å². The van der Waals surface area contributed by atoms with E-state index in [9.17, 15) is 9.90 Å². The van der Waals surface area contributed by atoms with Gasteiger partial charge in [0.1, 0.15) is 17.1 Å². The van der Waals surface area contributed by atoms with Gasteiger partial charge in [0.15, 0.2) is 0 Å². The van der Waals surface area contributed by atoms with E-state index in [2.05, 4.69) is 4.99 Å². The lowest BCUT2D eigenvalue weighted by Crippen LogP contribution is -2.12. The quantitative estimate of drug-likeness (QED) is 0.206. The number of carbonyl (C=O) groups is 1. The summed E-state index contributed by atoms with van der Waals surface area (Å²) in [6, 6.07) is 0. The first-order valence-electron chi connectivity index (χ1n) is 7.76. The Hall–Kier alpha value is -2.54. The average molecular weight is 353 g/mol. The Labute approximate surface area is 148 Å². The molecule has 0 aromatic heterocycles. The van der Waals surface area contributed by atoms with Crippen LogP contribution in [0.25, 0.3) is 0 Å². The number of ether oxygens (including phenoxy) is 3. The van der Waals surface area contributed by atoms with E-state index in [0.717, 1.165) is 5.57 Å². The number of methoxy groups -OCH3 is 2. The van der Waals surface area contributed by atoms with Gasteiger partial charge in [-0.1, -0.05) is 0 Å². The number of hydrogen-bond acceptors (Lipinski definition) is 7. The maximum atomic E-state index is 12.0. The number of nitrogens with zero attached hydrogens (tertiary/aromatic N) is 1. The van der Waals surface area contributed by atoms with Crippen LogP contribution in [0.2, 0.25) is 0 Å². The molecule has 25 heavy (non-hydrogen) atoms. The lowest BCUT2D eigenvalue weighted by atomic mass is 10.1. The van der Waals surface area contributed by atoms with Crippen LogP contribution < -0.4 is 0 Å². The highest BCUT2D eigenvalue weighted by Crippen LogP contribution is 2.17. The topological polar surface area (TPSA) is 97.6 Å². The summed E-state index contributed by atoms with van der Waals surface area (Å²) >= 11 is 0. The summed E-state index contributed by atoms with van der Waals surface area (Å²) in [4.78, 5) is 15.9. The maximum absolute atomic E-state index is 12.0. The zero-order valence-corrected chi connectivity index (χ0v) is 15.4. The highest BCUT2D eigenvalue weighted by Gasteiger charge is 2.16. The number of aliphatic hydroxyl groups excluding tert-OH is 2. The molecule has 0 aromatic rings. The molecule has 0 saturated carbocycles. The van der Waals surface area contributed by atoms with E-state index in [0.29, 0.717) is 11.3 Å². The SMILES string of the molecule is CCOC(=O)C(C=NCCO)=C(O)/C(C)=C/C(C)=C(\C=C\OC)OC. The van der Waals surface area contributed by atoms with E-state index < -0.39 is 5.97 Å². The molecule has 0 unspecified atom stereocenters. The van der Waals surface area contributed by atoms with Crippen LogP contribution in [-0.4, -0.2) is 56.4 Å². The van der Waals surface area contributed by atoms with Gasteiger partial charge in [-0.05, 0) is 38.0 Å². The van der Waals surface area contributed by atoms with Crippen LogP contribution in [-0.2, 0) is 19.0 Å². The summed E-state index contributed by atoms with van der Waals surface area (Å²) in [7, 11) is 3.04. The molecule has 0 spiro atoms. The van der Waals surface area contributed by atoms with Crippen molar-refractivity contribution in [3.63, 3.8) is 0 Å². The molecule has 0 aliphatic rings. The van der Waals surface area contributed by atoms with Crippen LogP contribution in [0.1, 0.15) is 20.8 Å². The number of rotatable bonds is 10. The van der Waals surface area contributed by atoms with E-state index in [-0.39, 0.29) is 31.1 Å². The van der Waals surface area contributed by atoms with Gasteiger partial charge in [-0.2, -0.15) is 0 Å². The van der Waals surface area contributed by atoms with Gasteiger partial charge in [-0.3, -0.25) is 4.99 Å². The Kier molecular flexibility index (Phi) is 11.5. The van der Waals surface area contributed by atoms with E-state index in [1.54, 1.807) is 32.9 Å². The Morgan fingerprint density at radius 3 is 2.44 bits per heavy atom. The largest absolute Gasteiger partial charge is 0.507 e. The van der Waals surface area contributed by atoms with E-state index >= 15 is 0 Å². The van der Waals surface area contributed by atoms with Gasteiger partial charge in [-0.25, -0.2) is 4.79 Å². The smallest absolute Gasteiger partial charge is 0.343 e. The number of aliphatic hydroxyl groups is 2. The molecule has 2 N–H and O–H groups in total. The fourth-order valence-electron chi connectivity index (χ4n) is 1.80. The first-order chi connectivity index (χ1) is 11.9. The summed E-state index contributed by atoms with van der Waals surface area (Å²) in [6.07, 6.45) is 5.96. The molecule has 7 heteroatoms. The molecule has 0 aromatic carbocycles. The minimum absolute atomic E-state index is 0.0803. The maximum Gasteiger partial charge on any atom is 0.343 e. The third-order valence-electron chi connectivity index (χ3n) is 2.97. The summed E-state index contributed by atoms with van der Waals surface area (Å²) < 4.78 is 15.0. The van der Waals surface area contributed by atoms with Gasteiger partial charge < -0.3 is 24.4 Å². The predicted octanol–water partition coefficient (Wildman–Crippen LogP) is 2.45. The molecule has 0 amide bonds. The van der Waals surface area contributed by atoms with Crippen molar-refractivity contribution >= 4 is 12.2 Å². The van der Waals surface area contributed by atoms with Crippen molar-refractivity contribution in [1.29, 1.82) is 0 Å². The molecule has 0 heterocycles. The zero-order chi connectivity index (χ0) is 19.2. The predicted molar refractivity (Wildman–Crippen MR) is 96.3 cm³/mol. The molecule has 0 atom stereocenters. The van der Waals surface area contributed by atoms with Crippen LogP contribution in [0.5, 0.6) is 0 Å². The van der Waals surface area contributed by atoms with Gasteiger partial charge in [0.05, 0.1) is 40.2 Å². The van der Waals surface area contributed by atoms with Crippen LogP contribution in [0.15, 0.2) is 51.6 Å². The second-order valence-electron chi connectivity index (χ2n) is 4.86. The van der Waals surface area contributed by atoms with Gasteiger partial charge in [0, 0.05) is 12.3 Å². The normalized spacial score (nSPS) is 14.4. The van der Waals surface area contributed by atoms with Crippen molar-refractivity contribution in [2.24, 2.45) is 4.99 Å². The van der Waals surface area contributed by atoms with Crippen molar-refractivity contribution in [2.75, 3.05) is 34.0 Å². The first kappa shape index (κ1) is 22.5. The molecular formula is C18H27NO6. The molecule has 0 bridgehead atoms. The molecule has 0 radical (unpaired) electrons. The number of esters is 1. The van der Waals surface area contributed by atoms with Gasteiger partial charge in [0.25, 0.3) is 0 Å². The Morgan fingerprint density at radius 2 is 1.92 bits per heavy atom. The van der Waals surface area contributed by atoms with Gasteiger partial charge in [0.2, 0.25) is 0 Å². The summed E-state index contributed by atoms with van der Waals surface area (Å²) in [6.45, 7) is 5.23. The Balaban J connectivity index is 5.86. The molecule has 140 valence electrons. The van der Waals surface area contributed by atoms with E-state index in [1.807, 2.05) is 0 Å². The fourth-order valence-corrected chi connectivity index (χ4v) is 1.80. The monoisotopic (exact) mass is 353 g/mol. The molecule has 0 fully saturated rings. The van der Waals surface area contributed by atoms with Gasteiger partial charge >= 0.3 is 5.97 Å². The minimum atomic E-state index is -0.692. The zero-order valence-electron chi connectivity index (χ0n) is 15.4. The number of carbonyl (C=O) groups excluding carboxylic acids is 1. The van der Waals surface area contributed by atoms with Crippen molar-refractivity contribution in [3.8, 4) is 0 Å². The van der Waals surface area contributed by atoms with Crippen molar-refractivity contribution in [1.82, 2.24) is 0 Å². The number of hydrogen-bond donors (Lipinski definition) is 2.